The van der Waals surface area contributed by atoms with E-state index in [1.165, 1.54) is 29.3 Å². The molecule has 0 saturated heterocycles. The summed E-state index contributed by atoms with van der Waals surface area (Å²) >= 11 is 0. The molecule has 17 heavy (non-hydrogen) atoms. The molecule has 2 heteroatoms. The van der Waals surface area contributed by atoms with E-state index in [0.717, 1.165) is 19.3 Å². The lowest BCUT2D eigenvalue weighted by Crippen LogP contribution is -2.13. The lowest BCUT2D eigenvalue weighted by molar-refractivity contribution is 0.128. The van der Waals surface area contributed by atoms with Gasteiger partial charge in [0.25, 0.3) is 0 Å². The van der Waals surface area contributed by atoms with E-state index in [2.05, 4.69) is 35.4 Å². The number of fused-ring (bicyclic) bond motifs is 1. The van der Waals surface area contributed by atoms with E-state index >= 15 is 0 Å². The third kappa shape index (κ3) is 2.09. The van der Waals surface area contributed by atoms with E-state index in [-0.39, 0.29) is 6.10 Å². The third-order valence-electron chi connectivity index (χ3n) is 4.08. The molecule has 3 rings (SSSR count). The highest BCUT2D eigenvalue weighted by molar-refractivity contribution is 5.82. The Bertz CT molecular complexity index is 502. The first-order chi connectivity index (χ1) is 8.34. The van der Waals surface area contributed by atoms with Crippen LogP contribution < -0.4 is 0 Å². The van der Waals surface area contributed by atoms with Gasteiger partial charge < -0.3 is 10.1 Å². The molecule has 2 atom stereocenters. The maximum atomic E-state index is 9.82. The van der Waals surface area contributed by atoms with Crippen molar-refractivity contribution in [3.8, 4) is 0 Å². The van der Waals surface area contributed by atoms with Crippen molar-refractivity contribution in [3.63, 3.8) is 0 Å². The van der Waals surface area contributed by atoms with Gasteiger partial charge in [-0.3, -0.25) is 0 Å². The SMILES string of the molecule is OC1CCCC1CCc1c[nH]c2ccccc12. The van der Waals surface area contributed by atoms with Crippen molar-refractivity contribution in [2.75, 3.05) is 0 Å². The molecule has 0 bridgehead atoms. The Labute approximate surface area is 102 Å². The van der Waals surface area contributed by atoms with Crippen LogP contribution in [0.5, 0.6) is 0 Å². The van der Waals surface area contributed by atoms with E-state index < -0.39 is 0 Å². The number of aromatic nitrogens is 1. The van der Waals surface area contributed by atoms with Gasteiger partial charge in [0.1, 0.15) is 0 Å². The van der Waals surface area contributed by atoms with Gasteiger partial charge in [0.05, 0.1) is 6.10 Å². The van der Waals surface area contributed by atoms with E-state index in [9.17, 15) is 5.11 Å². The Kier molecular flexibility index (Phi) is 2.89. The van der Waals surface area contributed by atoms with Crippen LogP contribution in [0.2, 0.25) is 0 Å². The van der Waals surface area contributed by atoms with Crippen LogP contribution in [0, 0.1) is 5.92 Å². The molecule has 2 unspecified atom stereocenters. The summed E-state index contributed by atoms with van der Waals surface area (Å²) in [7, 11) is 0. The third-order valence-corrected chi connectivity index (χ3v) is 4.08. The summed E-state index contributed by atoms with van der Waals surface area (Å²) in [5.41, 5.74) is 2.61. The Morgan fingerprint density at radius 2 is 2.12 bits per heavy atom. The first-order valence-corrected chi connectivity index (χ1v) is 6.57. The highest BCUT2D eigenvalue weighted by Gasteiger charge is 2.24. The van der Waals surface area contributed by atoms with Crippen molar-refractivity contribution in [1.82, 2.24) is 4.98 Å². The number of nitrogens with one attached hydrogen (secondary N) is 1. The molecule has 1 fully saturated rings. The fraction of sp³-hybridized carbons (Fsp3) is 0.467. The summed E-state index contributed by atoms with van der Waals surface area (Å²) < 4.78 is 0. The number of aliphatic hydroxyl groups is 1. The van der Waals surface area contributed by atoms with Gasteiger partial charge in [0.2, 0.25) is 0 Å². The molecule has 0 spiro atoms. The van der Waals surface area contributed by atoms with Gasteiger partial charge in [-0.25, -0.2) is 0 Å². The van der Waals surface area contributed by atoms with Crippen LogP contribution in [0.25, 0.3) is 10.9 Å². The van der Waals surface area contributed by atoms with Crippen molar-refractivity contribution in [2.24, 2.45) is 5.92 Å². The molecule has 0 radical (unpaired) electrons. The zero-order valence-electron chi connectivity index (χ0n) is 10.0. The molecule has 1 saturated carbocycles. The number of hydrogen-bond donors (Lipinski definition) is 2. The molecule has 1 aromatic heterocycles. The summed E-state index contributed by atoms with van der Waals surface area (Å²) in [4.78, 5) is 3.31. The smallest absolute Gasteiger partial charge is 0.0568 e. The molecular formula is C15H19NO. The standard InChI is InChI=1S/C15H19NO/c17-15-7-3-4-11(15)8-9-12-10-16-14-6-2-1-5-13(12)14/h1-2,5-6,10-11,15-17H,3-4,7-9H2. The molecule has 0 aliphatic heterocycles. The van der Waals surface area contributed by atoms with Crippen LogP contribution in [0.15, 0.2) is 30.5 Å². The highest BCUT2D eigenvalue weighted by atomic mass is 16.3. The maximum Gasteiger partial charge on any atom is 0.0568 e. The van der Waals surface area contributed by atoms with Gasteiger partial charge in [-0.15, -0.1) is 0 Å². The monoisotopic (exact) mass is 229 g/mol. The first kappa shape index (κ1) is 10.8. The highest BCUT2D eigenvalue weighted by Crippen LogP contribution is 2.30. The van der Waals surface area contributed by atoms with Crippen LogP contribution >= 0.6 is 0 Å². The predicted molar refractivity (Wildman–Crippen MR) is 70.0 cm³/mol. The van der Waals surface area contributed by atoms with Crippen molar-refractivity contribution in [3.05, 3.63) is 36.0 Å². The zero-order chi connectivity index (χ0) is 11.7. The molecule has 1 aliphatic carbocycles. The van der Waals surface area contributed by atoms with E-state index in [1.54, 1.807) is 0 Å². The summed E-state index contributed by atoms with van der Waals surface area (Å²) in [5.74, 6) is 0.517. The average molecular weight is 229 g/mol. The van der Waals surface area contributed by atoms with E-state index in [4.69, 9.17) is 0 Å². The fourth-order valence-electron chi connectivity index (χ4n) is 3.03. The number of para-hydroxylation sites is 1. The van der Waals surface area contributed by atoms with Gasteiger partial charge in [-0.05, 0) is 43.2 Å². The summed E-state index contributed by atoms with van der Waals surface area (Å²) in [5, 5.41) is 11.2. The second-order valence-electron chi connectivity index (χ2n) is 5.16. The minimum absolute atomic E-state index is 0.0554. The number of benzene rings is 1. The maximum absolute atomic E-state index is 9.82. The average Bonchev–Trinajstić information content (AvgIpc) is 2.93. The lowest BCUT2D eigenvalue weighted by Gasteiger charge is -2.13. The molecule has 1 heterocycles. The minimum Gasteiger partial charge on any atom is -0.393 e. The molecule has 2 N–H and O–H groups in total. The topological polar surface area (TPSA) is 36.0 Å². The van der Waals surface area contributed by atoms with Gasteiger partial charge in [-0.2, -0.15) is 0 Å². The number of aryl methyl sites for hydroxylation is 1. The second-order valence-corrected chi connectivity index (χ2v) is 5.16. The van der Waals surface area contributed by atoms with E-state index in [0.29, 0.717) is 5.92 Å². The van der Waals surface area contributed by atoms with Crippen LogP contribution in [0.1, 0.15) is 31.2 Å². The number of aromatic amines is 1. The van der Waals surface area contributed by atoms with Gasteiger partial charge >= 0.3 is 0 Å². The number of H-pyrrole nitrogens is 1. The Morgan fingerprint density at radius 1 is 1.24 bits per heavy atom. The summed E-state index contributed by atoms with van der Waals surface area (Å²) in [6.07, 6.45) is 7.64. The lowest BCUT2D eigenvalue weighted by atomic mass is 9.96. The molecule has 2 nitrogen and oxygen atoms in total. The van der Waals surface area contributed by atoms with Crippen LogP contribution in [-0.2, 0) is 6.42 Å². The molecule has 90 valence electrons. The molecule has 2 aromatic rings. The van der Waals surface area contributed by atoms with Crippen LogP contribution in [-0.4, -0.2) is 16.2 Å². The van der Waals surface area contributed by atoms with E-state index in [1.807, 2.05) is 0 Å². The zero-order valence-corrected chi connectivity index (χ0v) is 10.0. The van der Waals surface area contributed by atoms with Crippen molar-refractivity contribution >= 4 is 10.9 Å². The first-order valence-electron chi connectivity index (χ1n) is 6.57. The molecule has 1 aromatic carbocycles. The van der Waals surface area contributed by atoms with Crippen molar-refractivity contribution < 1.29 is 5.11 Å². The normalized spacial score (nSPS) is 24.5. The summed E-state index contributed by atoms with van der Waals surface area (Å²) in [6.45, 7) is 0. The number of hydrogen-bond acceptors (Lipinski definition) is 1. The van der Waals surface area contributed by atoms with Crippen molar-refractivity contribution in [2.45, 2.75) is 38.2 Å². The second kappa shape index (κ2) is 4.53. The van der Waals surface area contributed by atoms with Crippen molar-refractivity contribution in [1.29, 1.82) is 0 Å². The Morgan fingerprint density at radius 3 is 2.94 bits per heavy atom. The van der Waals surface area contributed by atoms with Gasteiger partial charge in [-0.1, -0.05) is 24.6 Å². The Hall–Kier alpha value is -1.28. The molecule has 1 aliphatic rings. The van der Waals surface area contributed by atoms with Gasteiger partial charge in [0, 0.05) is 17.1 Å². The molecular weight excluding hydrogens is 210 g/mol. The molecule has 0 amide bonds. The number of rotatable bonds is 3. The predicted octanol–water partition coefficient (Wildman–Crippen LogP) is 3.26. The minimum atomic E-state index is -0.0554. The quantitative estimate of drug-likeness (QED) is 0.832. The van der Waals surface area contributed by atoms with Gasteiger partial charge in [0.15, 0.2) is 0 Å². The van der Waals surface area contributed by atoms with Crippen LogP contribution in [0.4, 0.5) is 0 Å². The number of aliphatic hydroxyl groups excluding tert-OH is 1. The fourth-order valence-corrected chi connectivity index (χ4v) is 3.03. The van der Waals surface area contributed by atoms with Crippen LogP contribution in [0.3, 0.4) is 0 Å². The summed E-state index contributed by atoms with van der Waals surface area (Å²) in [6, 6.07) is 8.43. The largest absolute Gasteiger partial charge is 0.393 e. The Balaban J connectivity index is 1.72.